The molecule has 0 atom stereocenters. The van der Waals surface area contributed by atoms with E-state index in [1.54, 1.807) is 7.11 Å². The van der Waals surface area contributed by atoms with Crippen molar-refractivity contribution in [1.82, 2.24) is 0 Å². The van der Waals surface area contributed by atoms with Crippen molar-refractivity contribution >= 4 is 12.0 Å². The van der Waals surface area contributed by atoms with E-state index in [9.17, 15) is 4.79 Å². The van der Waals surface area contributed by atoms with Gasteiger partial charge in [0, 0.05) is 0 Å². The number of aryl methyl sites for hydroxylation is 1. The van der Waals surface area contributed by atoms with Crippen LogP contribution < -0.4 is 0 Å². The summed E-state index contributed by atoms with van der Waals surface area (Å²) >= 11 is 0. The minimum absolute atomic E-state index is 0.559. The molecule has 0 radical (unpaired) electrons. The first-order chi connectivity index (χ1) is 7.71. The zero-order valence-corrected chi connectivity index (χ0v) is 9.91. The summed E-state index contributed by atoms with van der Waals surface area (Å²) in [5.41, 5.74) is 2.76. The van der Waals surface area contributed by atoms with Crippen molar-refractivity contribution < 1.29 is 9.53 Å². The molecule has 0 aliphatic heterocycles. The highest BCUT2D eigenvalue weighted by atomic mass is 16.5. The molecule has 0 saturated heterocycles. The summed E-state index contributed by atoms with van der Waals surface area (Å²) in [6, 6.07) is 8.02. The van der Waals surface area contributed by atoms with Gasteiger partial charge in [0.05, 0.1) is 12.7 Å². The number of benzene rings is 1. The first kappa shape index (κ1) is 12.3. The molecule has 1 aromatic rings. The fraction of sp³-hybridized carbons (Fsp3) is 0.286. The smallest absolute Gasteiger partial charge is 0.133 e. The highest BCUT2D eigenvalue weighted by molar-refractivity contribution is 5.66. The van der Waals surface area contributed by atoms with E-state index in [2.05, 4.69) is 0 Å². The molecule has 1 aromatic carbocycles. The number of ether oxygens (including phenoxy) is 1. The second-order valence-electron chi connectivity index (χ2n) is 3.56. The SMILES string of the molecule is CCC(=C=O)/C(=C\c1cccc(C)c1)OC. The molecule has 0 amide bonds. The molecule has 0 N–H and O–H groups in total. The molecule has 2 nitrogen and oxygen atoms in total. The van der Waals surface area contributed by atoms with Crippen LogP contribution in [-0.4, -0.2) is 13.1 Å². The molecular weight excluding hydrogens is 200 g/mol. The van der Waals surface area contributed by atoms with Crippen LogP contribution in [0.2, 0.25) is 0 Å². The lowest BCUT2D eigenvalue weighted by Gasteiger charge is -2.05. The Kier molecular flexibility index (Phi) is 4.56. The molecule has 0 heterocycles. The van der Waals surface area contributed by atoms with E-state index in [0.29, 0.717) is 17.8 Å². The maximum Gasteiger partial charge on any atom is 0.133 e. The standard InChI is InChI=1S/C14H16O2/c1-4-13(10-15)14(16-3)9-12-7-5-6-11(2)8-12/h5-9H,4H2,1-3H3/b14-9+. The highest BCUT2D eigenvalue weighted by Gasteiger charge is 2.04. The van der Waals surface area contributed by atoms with Gasteiger partial charge in [0.2, 0.25) is 0 Å². The van der Waals surface area contributed by atoms with Crippen LogP contribution in [0.15, 0.2) is 35.6 Å². The van der Waals surface area contributed by atoms with Gasteiger partial charge in [0.1, 0.15) is 11.7 Å². The van der Waals surface area contributed by atoms with Crippen LogP contribution in [0.1, 0.15) is 24.5 Å². The van der Waals surface area contributed by atoms with Gasteiger partial charge in [-0.15, -0.1) is 0 Å². The van der Waals surface area contributed by atoms with Crippen LogP contribution in [0.5, 0.6) is 0 Å². The summed E-state index contributed by atoms with van der Waals surface area (Å²) < 4.78 is 5.20. The number of hydrogen-bond donors (Lipinski definition) is 0. The molecule has 84 valence electrons. The number of allylic oxidation sites excluding steroid dienone is 1. The van der Waals surface area contributed by atoms with Crippen LogP contribution >= 0.6 is 0 Å². The molecule has 0 aromatic heterocycles. The first-order valence-corrected chi connectivity index (χ1v) is 5.28. The maximum atomic E-state index is 10.7. The second kappa shape index (κ2) is 5.94. The first-order valence-electron chi connectivity index (χ1n) is 5.28. The second-order valence-corrected chi connectivity index (χ2v) is 3.56. The molecule has 2 heteroatoms. The molecule has 0 saturated carbocycles. The molecule has 0 aliphatic rings. The van der Waals surface area contributed by atoms with Crippen LogP contribution in [0.3, 0.4) is 0 Å². The van der Waals surface area contributed by atoms with Gasteiger partial charge in [-0.2, -0.15) is 0 Å². The Hall–Kier alpha value is -1.79. The highest BCUT2D eigenvalue weighted by Crippen LogP contribution is 2.16. The molecule has 0 spiro atoms. The summed E-state index contributed by atoms with van der Waals surface area (Å²) in [6.07, 6.45) is 2.48. The van der Waals surface area contributed by atoms with Crippen molar-refractivity contribution in [3.8, 4) is 0 Å². The average Bonchev–Trinajstić information content (AvgIpc) is 2.29. The van der Waals surface area contributed by atoms with Gasteiger partial charge >= 0.3 is 0 Å². The normalized spacial score (nSPS) is 10.8. The number of hydrogen-bond acceptors (Lipinski definition) is 2. The van der Waals surface area contributed by atoms with E-state index >= 15 is 0 Å². The van der Waals surface area contributed by atoms with Crippen molar-refractivity contribution in [2.24, 2.45) is 0 Å². The van der Waals surface area contributed by atoms with Crippen molar-refractivity contribution in [2.75, 3.05) is 7.11 Å². The molecule has 0 bridgehead atoms. The third kappa shape index (κ3) is 3.11. The summed E-state index contributed by atoms with van der Waals surface area (Å²) in [7, 11) is 1.56. The topological polar surface area (TPSA) is 26.3 Å². The Morgan fingerprint density at radius 2 is 2.25 bits per heavy atom. The molecule has 0 fully saturated rings. The largest absolute Gasteiger partial charge is 0.496 e. The van der Waals surface area contributed by atoms with E-state index < -0.39 is 0 Å². The molecule has 16 heavy (non-hydrogen) atoms. The quantitative estimate of drug-likeness (QED) is 0.439. The minimum Gasteiger partial charge on any atom is -0.496 e. The lowest BCUT2D eigenvalue weighted by molar-refractivity contribution is 0.303. The van der Waals surface area contributed by atoms with E-state index in [4.69, 9.17) is 4.74 Å². The Labute approximate surface area is 96.2 Å². The van der Waals surface area contributed by atoms with Gasteiger partial charge < -0.3 is 4.74 Å². The summed E-state index contributed by atoms with van der Waals surface area (Å²) in [6.45, 7) is 3.93. The lowest BCUT2D eigenvalue weighted by Crippen LogP contribution is -1.92. The Morgan fingerprint density at radius 3 is 2.75 bits per heavy atom. The lowest BCUT2D eigenvalue weighted by atomic mass is 10.1. The van der Waals surface area contributed by atoms with Crippen LogP contribution in [0, 0.1) is 6.92 Å². The van der Waals surface area contributed by atoms with Gasteiger partial charge in [-0.05, 0) is 25.0 Å². The van der Waals surface area contributed by atoms with E-state index in [0.717, 1.165) is 5.56 Å². The van der Waals surface area contributed by atoms with Crippen molar-refractivity contribution in [1.29, 1.82) is 0 Å². The molecule has 1 rings (SSSR count). The Bertz CT molecular complexity index is 438. The zero-order valence-electron chi connectivity index (χ0n) is 9.91. The van der Waals surface area contributed by atoms with E-state index in [-0.39, 0.29) is 0 Å². The number of carbonyl (C=O) groups excluding carboxylic acids is 1. The number of rotatable bonds is 4. The average molecular weight is 216 g/mol. The summed E-state index contributed by atoms with van der Waals surface area (Å²) in [4.78, 5) is 10.7. The van der Waals surface area contributed by atoms with Crippen molar-refractivity contribution in [3.05, 3.63) is 46.7 Å². The molecule has 0 unspecified atom stereocenters. The summed E-state index contributed by atoms with van der Waals surface area (Å²) in [5, 5.41) is 0. The van der Waals surface area contributed by atoms with Crippen molar-refractivity contribution in [2.45, 2.75) is 20.3 Å². The van der Waals surface area contributed by atoms with Gasteiger partial charge in [-0.3, -0.25) is 0 Å². The van der Waals surface area contributed by atoms with Crippen LogP contribution in [0.4, 0.5) is 0 Å². The fourth-order valence-corrected chi connectivity index (χ4v) is 1.48. The molecular formula is C14H16O2. The fourth-order valence-electron chi connectivity index (χ4n) is 1.48. The van der Waals surface area contributed by atoms with E-state index in [1.807, 2.05) is 50.1 Å². The third-order valence-corrected chi connectivity index (χ3v) is 2.33. The van der Waals surface area contributed by atoms with Crippen molar-refractivity contribution in [3.63, 3.8) is 0 Å². The zero-order chi connectivity index (χ0) is 12.0. The number of methoxy groups -OCH3 is 1. The molecule has 0 aliphatic carbocycles. The van der Waals surface area contributed by atoms with Crippen LogP contribution in [0.25, 0.3) is 6.08 Å². The maximum absolute atomic E-state index is 10.7. The third-order valence-electron chi connectivity index (χ3n) is 2.33. The van der Waals surface area contributed by atoms with Gasteiger partial charge in [0.25, 0.3) is 0 Å². The van der Waals surface area contributed by atoms with Crippen LogP contribution in [-0.2, 0) is 9.53 Å². The predicted molar refractivity (Wildman–Crippen MR) is 65.7 cm³/mol. The monoisotopic (exact) mass is 216 g/mol. The van der Waals surface area contributed by atoms with Gasteiger partial charge in [0.15, 0.2) is 0 Å². The summed E-state index contributed by atoms with van der Waals surface area (Å²) in [5.74, 6) is 2.50. The Morgan fingerprint density at radius 1 is 1.50 bits per heavy atom. The predicted octanol–water partition coefficient (Wildman–Crippen LogP) is 3.15. The Balaban J connectivity index is 3.09. The van der Waals surface area contributed by atoms with Gasteiger partial charge in [-0.25, -0.2) is 4.79 Å². The van der Waals surface area contributed by atoms with E-state index in [1.165, 1.54) is 5.56 Å². The minimum atomic E-state index is 0.559. The van der Waals surface area contributed by atoms with Gasteiger partial charge in [-0.1, -0.05) is 36.8 Å².